The highest BCUT2D eigenvalue weighted by molar-refractivity contribution is 5.31. The van der Waals surface area contributed by atoms with Gasteiger partial charge >= 0.3 is 0 Å². The van der Waals surface area contributed by atoms with Gasteiger partial charge in [0.25, 0.3) is 0 Å². The monoisotopic (exact) mass is 368 g/mol. The summed E-state index contributed by atoms with van der Waals surface area (Å²) < 4.78 is 5.76. The van der Waals surface area contributed by atoms with Gasteiger partial charge in [0.15, 0.2) is 0 Å². The molecular formula is C24H34NO2+. The lowest BCUT2D eigenvalue weighted by Crippen LogP contribution is -3.13. The lowest BCUT2D eigenvalue weighted by Gasteiger charge is -2.30. The molecule has 0 spiro atoms. The summed E-state index contributed by atoms with van der Waals surface area (Å²) >= 11 is 0. The minimum Gasteiger partial charge on any atom is -0.494 e. The van der Waals surface area contributed by atoms with Crippen molar-refractivity contribution >= 4 is 0 Å². The molecule has 3 rings (SSSR count). The van der Waals surface area contributed by atoms with Gasteiger partial charge in [0.1, 0.15) is 5.75 Å². The number of rotatable bonds is 9. The third kappa shape index (κ3) is 5.82. The van der Waals surface area contributed by atoms with Crippen LogP contribution in [0.3, 0.4) is 0 Å². The lowest BCUT2D eigenvalue weighted by atomic mass is 9.88. The summed E-state index contributed by atoms with van der Waals surface area (Å²) in [6, 6.07) is 18.5. The largest absolute Gasteiger partial charge is 0.494 e. The van der Waals surface area contributed by atoms with Gasteiger partial charge < -0.3 is 14.7 Å². The van der Waals surface area contributed by atoms with E-state index in [0.29, 0.717) is 0 Å². The minimum absolute atomic E-state index is 0.117. The second kappa shape index (κ2) is 10.5. The number of likely N-dealkylation sites (tertiary alicyclic amines) is 1. The summed E-state index contributed by atoms with van der Waals surface area (Å²) in [6.07, 6.45) is 5.66. The number of hydrogen-bond acceptors (Lipinski definition) is 2. The molecule has 2 N–H and O–H groups in total. The Morgan fingerprint density at radius 1 is 0.926 bits per heavy atom. The topological polar surface area (TPSA) is 33.9 Å². The number of aliphatic hydroxyl groups excluding tert-OH is 1. The van der Waals surface area contributed by atoms with Crippen LogP contribution < -0.4 is 9.64 Å². The molecule has 0 aromatic heterocycles. The van der Waals surface area contributed by atoms with Gasteiger partial charge in [0.2, 0.25) is 0 Å². The van der Waals surface area contributed by atoms with Crippen molar-refractivity contribution in [3.05, 3.63) is 65.7 Å². The highest BCUT2D eigenvalue weighted by Crippen LogP contribution is 2.31. The van der Waals surface area contributed by atoms with Crippen molar-refractivity contribution in [3.63, 3.8) is 0 Å². The fourth-order valence-electron chi connectivity index (χ4n) is 4.01. The minimum atomic E-state index is -0.494. The summed E-state index contributed by atoms with van der Waals surface area (Å²) in [4.78, 5) is 1.62. The van der Waals surface area contributed by atoms with Crippen LogP contribution in [0.15, 0.2) is 54.6 Å². The first-order valence-corrected chi connectivity index (χ1v) is 10.6. The zero-order valence-corrected chi connectivity index (χ0v) is 16.6. The van der Waals surface area contributed by atoms with Crippen LogP contribution in [0, 0.1) is 0 Å². The van der Waals surface area contributed by atoms with Crippen molar-refractivity contribution in [1.29, 1.82) is 0 Å². The van der Waals surface area contributed by atoms with Gasteiger partial charge in [-0.25, -0.2) is 0 Å². The second-order valence-corrected chi connectivity index (χ2v) is 7.75. The van der Waals surface area contributed by atoms with Crippen LogP contribution in [0.1, 0.15) is 62.2 Å². The van der Waals surface area contributed by atoms with Crippen LogP contribution in [0.25, 0.3) is 0 Å². The van der Waals surface area contributed by atoms with Crippen molar-refractivity contribution in [2.75, 3.05) is 26.2 Å². The smallest absolute Gasteiger partial charge is 0.119 e. The predicted octanol–water partition coefficient (Wildman–Crippen LogP) is 3.75. The molecule has 3 nitrogen and oxygen atoms in total. The van der Waals surface area contributed by atoms with E-state index >= 15 is 0 Å². The number of ether oxygens (including phenoxy) is 1. The van der Waals surface area contributed by atoms with Gasteiger partial charge in [-0.2, -0.15) is 0 Å². The number of hydrogen-bond donors (Lipinski definition) is 2. The van der Waals surface area contributed by atoms with Gasteiger partial charge in [0, 0.05) is 0 Å². The van der Waals surface area contributed by atoms with E-state index in [0.717, 1.165) is 37.3 Å². The van der Waals surface area contributed by atoms with Crippen LogP contribution in [0.2, 0.25) is 0 Å². The standard InChI is InChI=1S/C24H33NO2/c1-2-3-18-27-22-14-12-21(13-15-22)24(26)23(20-10-6-4-7-11-20)19-25-16-8-5-9-17-25/h4,6-7,10-15,23-24,26H,2-3,5,8-9,16-19H2,1H3/p+1/t23-,24-/m0/s1. The first-order valence-electron chi connectivity index (χ1n) is 10.6. The van der Waals surface area contributed by atoms with Crippen molar-refractivity contribution in [2.45, 2.75) is 51.0 Å². The van der Waals surface area contributed by atoms with Crippen LogP contribution in [0.5, 0.6) is 5.75 Å². The zero-order valence-electron chi connectivity index (χ0n) is 16.6. The molecule has 0 saturated carbocycles. The van der Waals surface area contributed by atoms with E-state index in [-0.39, 0.29) is 5.92 Å². The van der Waals surface area contributed by atoms with Gasteiger partial charge in [-0.15, -0.1) is 0 Å². The summed E-state index contributed by atoms with van der Waals surface area (Å²) in [5.41, 5.74) is 2.20. The molecule has 2 aromatic rings. The summed E-state index contributed by atoms with van der Waals surface area (Å²) in [5, 5.41) is 11.2. The number of unbranched alkanes of at least 4 members (excludes halogenated alkanes) is 1. The molecule has 0 aliphatic carbocycles. The third-order valence-corrected chi connectivity index (χ3v) is 5.67. The molecule has 0 amide bonds. The Labute approximate surface area is 164 Å². The summed E-state index contributed by atoms with van der Waals surface area (Å²) in [6.45, 7) is 6.35. The van der Waals surface area contributed by atoms with Gasteiger partial charge in [-0.3, -0.25) is 0 Å². The summed E-state index contributed by atoms with van der Waals surface area (Å²) in [5.74, 6) is 1.00. The number of nitrogens with one attached hydrogen (secondary N) is 1. The molecule has 2 aromatic carbocycles. The van der Waals surface area contributed by atoms with Crippen molar-refractivity contribution in [2.24, 2.45) is 0 Å². The number of aliphatic hydroxyl groups is 1. The molecule has 1 aliphatic heterocycles. The molecule has 0 radical (unpaired) electrons. The highest BCUT2D eigenvalue weighted by Gasteiger charge is 2.28. The molecule has 1 aliphatic rings. The van der Waals surface area contributed by atoms with E-state index in [9.17, 15) is 5.11 Å². The number of quaternary nitrogens is 1. The van der Waals surface area contributed by atoms with E-state index in [1.807, 2.05) is 30.3 Å². The first kappa shape index (κ1) is 19.9. The van der Waals surface area contributed by atoms with E-state index in [2.05, 4.69) is 31.2 Å². The van der Waals surface area contributed by atoms with Gasteiger partial charge in [-0.1, -0.05) is 55.8 Å². The summed E-state index contributed by atoms with van der Waals surface area (Å²) in [7, 11) is 0. The maximum Gasteiger partial charge on any atom is 0.119 e. The predicted molar refractivity (Wildman–Crippen MR) is 110 cm³/mol. The van der Waals surface area contributed by atoms with Crippen molar-refractivity contribution in [3.8, 4) is 5.75 Å². The Morgan fingerprint density at radius 2 is 1.63 bits per heavy atom. The second-order valence-electron chi connectivity index (χ2n) is 7.75. The number of benzene rings is 2. The molecule has 3 heteroatoms. The highest BCUT2D eigenvalue weighted by atomic mass is 16.5. The van der Waals surface area contributed by atoms with Gasteiger partial charge in [-0.05, 0) is 48.9 Å². The quantitative estimate of drug-likeness (QED) is 0.661. The Hall–Kier alpha value is -1.84. The van der Waals surface area contributed by atoms with E-state index < -0.39 is 6.10 Å². The maximum atomic E-state index is 11.2. The van der Waals surface area contributed by atoms with Gasteiger partial charge in [0.05, 0.1) is 38.3 Å². The maximum absolute atomic E-state index is 11.2. The zero-order chi connectivity index (χ0) is 18.9. The Bertz CT molecular complexity index is 650. The molecule has 1 fully saturated rings. The average Bonchev–Trinajstić information content (AvgIpc) is 2.74. The van der Waals surface area contributed by atoms with Crippen molar-refractivity contribution < 1.29 is 14.7 Å². The van der Waals surface area contributed by atoms with E-state index in [4.69, 9.17) is 4.74 Å². The Balaban J connectivity index is 1.72. The van der Waals surface area contributed by atoms with E-state index in [1.165, 1.54) is 37.9 Å². The molecule has 1 heterocycles. The van der Waals surface area contributed by atoms with Crippen LogP contribution in [0.4, 0.5) is 0 Å². The third-order valence-electron chi connectivity index (χ3n) is 5.67. The first-order chi connectivity index (χ1) is 13.3. The fraction of sp³-hybridized carbons (Fsp3) is 0.500. The molecule has 146 valence electrons. The van der Waals surface area contributed by atoms with Crippen LogP contribution in [-0.4, -0.2) is 31.3 Å². The Morgan fingerprint density at radius 3 is 2.30 bits per heavy atom. The molecule has 2 atom stereocenters. The molecule has 0 bridgehead atoms. The lowest BCUT2D eigenvalue weighted by molar-refractivity contribution is -0.906. The normalized spacial score (nSPS) is 17.4. The fourth-order valence-corrected chi connectivity index (χ4v) is 4.01. The molecular weight excluding hydrogens is 334 g/mol. The van der Waals surface area contributed by atoms with E-state index in [1.54, 1.807) is 4.90 Å². The Kier molecular flexibility index (Phi) is 7.73. The molecule has 27 heavy (non-hydrogen) atoms. The van der Waals surface area contributed by atoms with Crippen molar-refractivity contribution in [1.82, 2.24) is 0 Å². The van der Waals surface area contributed by atoms with Crippen LogP contribution >= 0.6 is 0 Å². The molecule has 0 unspecified atom stereocenters. The van der Waals surface area contributed by atoms with Crippen LogP contribution in [-0.2, 0) is 0 Å². The SMILES string of the molecule is CCCCOc1ccc([C@H](O)[C@@H](C[NH+]2CCCCC2)c2ccccc2)cc1. The number of piperidine rings is 1. The molecule has 1 saturated heterocycles. The average molecular weight is 369 g/mol.